The molecule has 1 unspecified atom stereocenters. The van der Waals surface area contributed by atoms with E-state index in [1.807, 2.05) is 0 Å². The Morgan fingerprint density at radius 2 is 2.00 bits per heavy atom. The van der Waals surface area contributed by atoms with Crippen molar-refractivity contribution in [3.05, 3.63) is 29.6 Å². The second kappa shape index (κ2) is 5.46. The molecule has 1 atom stereocenters. The van der Waals surface area contributed by atoms with Gasteiger partial charge in [0.15, 0.2) is 21.4 Å². The van der Waals surface area contributed by atoms with Gasteiger partial charge in [0.05, 0.1) is 18.0 Å². The Morgan fingerprint density at radius 1 is 1.42 bits per heavy atom. The average molecular weight is 290 g/mol. The zero-order valence-electron chi connectivity index (χ0n) is 11.5. The fourth-order valence-electron chi connectivity index (χ4n) is 1.55. The summed E-state index contributed by atoms with van der Waals surface area (Å²) in [4.78, 5) is 0. The summed E-state index contributed by atoms with van der Waals surface area (Å²) in [5.74, 6) is -0.426. The fourth-order valence-corrected chi connectivity index (χ4v) is 2.13. The van der Waals surface area contributed by atoms with Gasteiger partial charge in [-0.2, -0.15) is 0 Å². The summed E-state index contributed by atoms with van der Waals surface area (Å²) >= 11 is 0. The van der Waals surface area contributed by atoms with E-state index in [0.29, 0.717) is 5.56 Å². The van der Waals surface area contributed by atoms with Gasteiger partial charge in [-0.3, -0.25) is 0 Å². The minimum atomic E-state index is -3.41. The Hall–Kier alpha value is -1.14. The summed E-state index contributed by atoms with van der Waals surface area (Å²) in [6.45, 7) is 2.90. The predicted octanol–water partition coefficient (Wildman–Crippen LogP) is 1.56. The molecule has 0 aliphatic rings. The van der Waals surface area contributed by atoms with Crippen LogP contribution in [0.15, 0.2) is 18.2 Å². The van der Waals surface area contributed by atoms with Crippen LogP contribution in [0.3, 0.4) is 0 Å². The monoisotopic (exact) mass is 290 g/mol. The molecule has 0 fully saturated rings. The number of methoxy groups -OCH3 is 1. The zero-order chi connectivity index (χ0) is 14.8. The van der Waals surface area contributed by atoms with Crippen molar-refractivity contribution in [2.24, 2.45) is 0 Å². The highest BCUT2D eigenvalue weighted by molar-refractivity contribution is 7.92. The molecule has 1 aromatic carbocycles. The fraction of sp³-hybridized carbons (Fsp3) is 0.538. The molecule has 0 amide bonds. The molecule has 19 heavy (non-hydrogen) atoms. The Balaban J connectivity index is 2.95. The second-order valence-corrected chi connectivity index (χ2v) is 7.66. The van der Waals surface area contributed by atoms with E-state index >= 15 is 0 Å². The maximum Gasteiger partial charge on any atom is 0.165 e. The summed E-state index contributed by atoms with van der Waals surface area (Å²) in [7, 11) is -2.05. The van der Waals surface area contributed by atoms with Crippen molar-refractivity contribution in [1.82, 2.24) is 0 Å². The minimum Gasteiger partial charge on any atom is -0.494 e. The smallest absolute Gasteiger partial charge is 0.165 e. The van der Waals surface area contributed by atoms with Crippen LogP contribution in [0, 0.1) is 5.82 Å². The van der Waals surface area contributed by atoms with Gasteiger partial charge in [0.25, 0.3) is 0 Å². The predicted molar refractivity (Wildman–Crippen MR) is 71.6 cm³/mol. The lowest BCUT2D eigenvalue weighted by atomic mass is 9.98. The molecular formula is C13H19FO4S. The SMILES string of the molecule is COc1ccc(CC(O)C(C)(C)S(C)(=O)=O)cc1F. The maximum absolute atomic E-state index is 13.5. The van der Waals surface area contributed by atoms with E-state index in [2.05, 4.69) is 0 Å². The highest BCUT2D eigenvalue weighted by Crippen LogP contribution is 2.25. The molecule has 0 heterocycles. The molecule has 0 radical (unpaired) electrons. The molecule has 0 aliphatic carbocycles. The van der Waals surface area contributed by atoms with Crippen LogP contribution in [0.25, 0.3) is 0 Å². The molecule has 0 aromatic heterocycles. The Kier molecular flexibility index (Phi) is 4.58. The first-order valence-corrected chi connectivity index (χ1v) is 7.69. The van der Waals surface area contributed by atoms with E-state index in [1.54, 1.807) is 6.07 Å². The molecular weight excluding hydrogens is 271 g/mol. The molecule has 0 aliphatic heterocycles. The third kappa shape index (κ3) is 3.45. The zero-order valence-corrected chi connectivity index (χ0v) is 12.3. The third-order valence-electron chi connectivity index (χ3n) is 3.40. The van der Waals surface area contributed by atoms with Gasteiger partial charge >= 0.3 is 0 Å². The van der Waals surface area contributed by atoms with Gasteiger partial charge in [0.1, 0.15) is 0 Å². The Bertz CT molecular complexity index is 552. The molecule has 1 N–H and O–H groups in total. The van der Waals surface area contributed by atoms with Crippen LogP contribution < -0.4 is 4.74 Å². The quantitative estimate of drug-likeness (QED) is 0.894. The molecule has 1 aromatic rings. The number of ether oxygens (including phenoxy) is 1. The van der Waals surface area contributed by atoms with Gasteiger partial charge in [-0.15, -0.1) is 0 Å². The van der Waals surface area contributed by atoms with E-state index < -0.39 is 26.5 Å². The van der Waals surface area contributed by atoms with Crippen molar-refractivity contribution in [3.63, 3.8) is 0 Å². The summed E-state index contributed by atoms with van der Waals surface area (Å²) < 4.78 is 40.2. The van der Waals surface area contributed by atoms with Crippen molar-refractivity contribution >= 4 is 9.84 Å². The largest absolute Gasteiger partial charge is 0.494 e. The summed E-state index contributed by atoms with van der Waals surface area (Å²) in [6, 6.07) is 4.29. The van der Waals surface area contributed by atoms with Crippen LogP contribution in [0.4, 0.5) is 4.39 Å². The number of aliphatic hydroxyl groups excluding tert-OH is 1. The molecule has 4 nitrogen and oxygen atoms in total. The van der Waals surface area contributed by atoms with E-state index in [9.17, 15) is 17.9 Å². The molecule has 1 rings (SSSR count). The van der Waals surface area contributed by atoms with Gasteiger partial charge in [-0.05, 0) is 38.0 Å². The topological polar surface area (TPSA) is 63.6 Å². The van der Waals surface area contributed by atoms with E-state index in [0.717, 1.165) is 6.26 Å². The molecule has 0 saturated heterocycles. The van der Waals surface area contributed by atoms with Gasteiger partial charge in [0.2, 0.25) is 0 Å². The van der Waals surface area contributed by atoms with Crippen LogP contribution in [0.1, 0.15) is 19.4 Å². The van der Waals surface area contributed by atoms with Gasteiger partial charge in [0, 0.05) is 6.26 Å². The lowest BCUT2D eigenvalue weighted by Crippen LogP contribution is -2.44. The number of benzene rings is 1. The highest BCUT2D eigenvalue weighted by Gasteiger charge is 2.37. The maximum atomic E-state index is 13.5. The highest BCUT2D eigenvalue weighted by atomic mass is 32.2. The van der Waals surface area contributed by atoms with E-state index in [4.69, 9.17) is 4.74 Å². The molecule has 0 bridgehead atoms. The van der Waals surface area contributed by atoms with Crippen LogP contribution in [0.5, 0.6) is 5.75 Å². The third-order valence-corrected chi connectivity index (χ3v) is 5.59. The van der Waals surface area contributed by atoms with Crippen molar-refractivity contribution in [2.75, 3.05) is 13.4 Å². The van der Waals surface area contributed by atoms with Crippen molar-refractivity contribution < 1.29 is 22.7 Å². The minimum absolute atomic E-state index is 0.0565. The normalized spacial score (nSPS) is 14.2. The number of hydrogen-bond donors (Lipinski definition) is 1. The van der Waals surface area contributed by atoms with Crippen LogP contribution in [-0.4, -0.2) is 37.7 Å². The van der Waals surface area contributed by atoms with E-state index in [-0.39, 0.29) is 12.2 Å². The number of aliphatic hydroxyl groups is 1. The van der Waals surface area contributed by atoms with Crippen LogP contribution in [-0.2, 0) is 16.3 Å². The first-order valence-electron chi connectivity index (χ1n) is 5.79. The number of hydrogen-bond acceptors (Lipinski definition) is 4. The van der Waals surface area contributed by atoms with Crippen molar-refractivity contribution in [3.8, 4) is 5.75 Å². The van der Waals surface area contributed by atoms with Crippen molar-refractivity contribution in [2.45, 2.75) is 31.1 Å². The molecule has 0 saturated carbocycles. The lowest BCUT2D eigenvalue weighted by Gasteiger charge is -2.28. The van der Waals surface area contributed by atoms with Crippen molar-refractivity contribution in [1.29, 1.82) is 0 Å². The van der Waals surface area contributed by atoms with Gasteiger partial charge in [-0.25, -0.2) is 12.8 Å². The Morgan fingerprint density at radius 3 is 2.42 bits per heavy atom. The number of halogens is 1. The molecule has 0 spiro atoms. The average Bonchev–Trinajstić information content (AvgIpc) is 2.27. The standard InChI is InChI=1S/C13H19FO4S/c1-13(2,19(4,16)17)12(15)8-9-5-6-11(18-3)10(14)7-9/h5-7,12,15H,8H2,1-4H3. The van der Waals surface area contributed by atoms with Gasteiger partial charge in [-0.1, -0.05) is 6.07 Å². The molecule has 108 valence electrons. The Labute approximate surface area is 113 Å². The van der Waals surface area contributed by atoms with Gasteiger partial charge < -0.3 is 9.84 Å². The summed E-state index contributed by atoms with van der Waals surface area (Å²) in [6.07, 6.45) is 0.0153. The molecule has 6 heteroatoms. The van der Waals surface area contributed by atoms with Crippen LogP contribution in [0.2, 0.25) is 0 Å². The summed E-state index contributed by atoms with van der Waals surface area (Å²) in [5, 5.41) is 10.1. The first-order chi connectivity index (χ1) is 8.59. The lowest BCUT2D eigenvalue weighted by molar-refractivity contribution is 0.138. The van der Waals surface area contributed by atoms with E-state index in [1.165, 1.54) is 33.1 Å². The summed E-state index contributed by atoms with van der Waals surface area (Å²) in [5.41, 5.74) is 0.516. The van der Waals surface area contributed by atoms with Crippen LogP contribution >= 0.6 is 0 Å². The second-order valence-electron chi connectivity index (χ2n) is 5.06. The number of rotatable bonds is 5. The first kappa shape index (κ1) is 15.9. The number of sulfone groups is 1.